The van der Waals surface area contributed by atoms with Gasteiger partial charge in [0.25, 0.3) is 11.9 Å². The van der Waals surface area contributed by atoms with Crippen LogP contribution in [0.15, 0.2) is 47.0 Å². The molecule has 4 aromatic rings. The second-order valence-electron chi connectivity index (χ2n) is 8.60. The quantitative estimate of drug-likeness (QED) is 0.298. The number of halogens is 2. The van der Waals surface area contributed by atoms with Gasteiger partial charge >= 0.3 is 12.2 Å². The first-order valence-corrected chi connectivity index (χ1v) is 11.8. The largest absolute Gasteiger partial charge is 0.447 e. The van der Waals surface area contributed by atoms with E-state index in [0.29, 0.717) is 0 Å². The van der Waals surface area contributed by atoms with Gasteiger partial charge in [-0.2, -0.15) is 4.39 Å². The van der Waals surface area contributed by atoms with Gasteiger partial charge in [0.05, 0.1) is 29.1 Å². The lowest BCUT2D eigenvalue weighted by atomic mass is 10.2. The molecular weight excluding hydrogens is 521 g/mol. The molecule has 11 nitrogen and oxygen atoms in total. The van der Waals surface area contributed by atoms with Crippen molar-refractivity contribution in [2.45, 2.75) is 39.9 Å². The van der Waals surface area contributed by atoms with E-state index in [0.717, 1.165) is 10.6 Å². The first-order chi connectivity index (χ1) is 18.0. The zero-order valence-corrected chi connectivity index (χ0v) is 21.5. The fourth-order valence-corrected chi connectivity index (χ4v) is 3.62. The summed E-state index contributed by atoms with van der Waals surface area (Å²) in [6.45, 7) is 6.78. The molecule has 0 bridgehead atoms. The van der Waals surface area contributed by atoms with Crippen LogP contribution in [0.1, 0.15) is 38.2 Å². The van der Waals surface area contributed by atoms with Crippen molar-refractivity contribution in [3.63, 3.8) is 0 Å². The van der Waals surface area contributed by atoms with E-state index in [1.165, 1.54) is 36.5 Å². The third kappa shape index (κ3) is 5.92. The van der Waals surface area contributed by atoms with Crippen molar-refractivity contribution in [1.82, 2.24) is 14.5 Å². The van der Waals surface area contributed by atoms with Crippen molar-refractivity contribution in [3.8, 4) is 11.4 Å². The average molecular weight is 544 g/mol. The van der Waals surface area contributed by atoms with Crippen LogP contribution in [0.5, 0.6) is 0 Å². The van der Waals surface area contributed by atoms with Crippen LogP contribution < -0.4 is 10.6 Å². The van der Waals surface area contributed by atoms with Crippen LogP contribution in [0.3, 0.4) is 0 Å². The van der Waals surface area contributed by atoms with Crippen LogP contribution in [0, 0.1) is 6.01 Å². The Morgan fingerprint density at radius 3 is 2.39 bits per heavy atom. The molecule has 0 fully saturated rings. The molecule has 3 aromatic heterocycles. The topological polar surface area (TPSA) is 138 Å². The van der Waals surface area contributed by atoms with Crippen LogP contribution >= 0.6 is 11.6 Å². The molecule has 2 N–H and O–H groups in total. The lowest BCUT2D eigenvalue weighted by Crippen LogP contribution is -2.20. The Labute approximate surface area is 220 Å². The van der Waals surface area contributed by atoms with Crippen molar-refractivity contribution in [2.75, 3.05) is 10.6 Å². The number of carbonyl (C=O) groups excluding carboxylic acids is 3. The minimum atomic E-state index is -0.900. The normalized spacial score (nSPS) is 11.2. The number of nitrogens with zero attached hydrogens (tertiary/aromatic N) is 3. The van der Waals surface area contributed by atoms with E-state index in [1.807, 2.05) is 0 Å². The Bertz CT molecular complexity index is 1530. The SMILES string of the molecule is CC(C)OC(=O)Nc1cnc2nc(-c3cc(NC(=O)c4ccc(F)o4)ccc3Cl)n(C(=O)OC(C)C)c2c1. The third-order valence-corrected chi connectivity index (χ3v) is 5.21. The summed E-state index contributed by atoms with van der Waals surface area (Å²) in [5, 5.41) is 5.34. The highest BCUT2D eigenvalue weighted by molar-refractivity contribution is 6.33. The first-order valence-electron chi connectivity index (χ1n) is 11.5. The van der Waals surface area contributed by atoms with Crippen molar-refractivity contribution in [1.29, 1.82) is 0 Å². The van der Waals surface area contributed by atoms with E-state index in [2.05, 4.69) is 20.6 Å². The minimum Gasteiger partial charge on any atom is -0.447 e. The van der Waals surface area contributed by atoms with E-state index >= 15 is 0 Å². The highest BCUT2D eigenvalue weighted by Crippen LogP contribution is 2.33. The summed E-state index contributed by atoms with van der Waals surface area (Å²) in [6, 6.07) is 7.30. The maximum Gasteiger partial charge on any atom is 0.420 e. The second-order valence-corrected chi connectivity index (χ2v) is 9.01. The molecule has 2 amide bonds. The number of aromatic nitrogens is 3. The van der Waals surface area contributed by atoms with Gasteiger partial charge in [0, 0.05) is 17.3 Å². The number of fused-ring (bicyclic) bond motifs is 1. The number of anilines is 2. The van der Waals surface area contributed by atoms with E-state index in [4.69, 9.17) is 25.5 Å². The molecule has 3 heterocycles. The van der Waals surface area contributed by atoms with Crippen molar-refractivity contribution < 1.29 is 32.7 Å². The van der Waals surface area contributed by atoms with Crippen molar-refractivity contribution in [3.05, 3.63) is 59.4 Å². The van der Waals surface area contributed by atoms with Gasteiger partial charge in [0.1, 0.15) is 5.52 Å². The average Bonchev–Trinajstić information content (AvgIpc) is 3.42. The number of carbonyl (C=O) groups is 3. The number of hydrogen-bond donors (Lipinski definition) is 2. The molecule has 0 aliphatic carbocycles. The lowest BCUT2D eigenvalue weighted by molar-refractivity contribution is 0.0987. The fraction of sp³-hybridized carbons (Fsp3) is 0.240. The van der Waals surface area contributed by atoms with Crippen LogP contribution in [-0.2, 0) is 9.47 Å². The number of furan rings is 1. The number of hydrogen-bond acceptors (Lipinski definition) is 8. The van der Waals surface area contributed by atoms with Crippen LogP contribution in [0.25, 0.3) is 22.6 Å². The van der Waals surface area contributed by atoms with Gasteiger partial charge in [-0.1, -0.05) is 11.6 Å². The highest BCUT2D eigenvalue weighted by atomic mass is 35.5. The maximum absolute atomic E-state index is 13.2. The van der Waals surface area contributed by atoms with Gasteiger partial charge in [-0.3, -0.25) is 10.1 Å². The summed E-state index contributed by atoms with van der Waals surface area (Å²) in [6.07, 6.45) is -0.901. The maximum atomic E-state index is 13.2. The number of ether oxygens (including phenoxy) is 2. The molecule has 0 aliphatic heterocycles. The van der Waals surface area contributed by atoms with Crippen LogP contribution in [0.4, 0.5) is 25.4 Å². The van der Waals surface area contributed by atoms with E-state index < -0.39 is 30.2 Å². The molecule has 13 heteroatoms. The molecule has 1 aromatic carbocycles. The van der Waals surface area contributed by atoms with E-state index in [9.17, 15) is 18.8 Å². The number of pyridine rings is 1. The second kappa shape index (κ2) is 10.9. The predicted octanol–water partition coefficient (Wildman–Crippen LogP) is 6.09. The molecule has 0 saturated carbocycles. The van der Waals surface area contributed by atoms with Gasteiger partial charge in [-0.05, 0) is 58.0 Å². The molecule has 38 heavy (non-hydrogen) atoms. The number of rotatable bonds is 6. The monoisotopic (exact) mass is 543 g/mol. The summed E-state index contributed by atoms with van der Waals surface area (Å²) in [5.41, 5.74) is 1.19. The fourth-order valence-electron chi connectivity index (χ4n) is 3.41. The lowest BCUT2D eigenvalue weighted by Gasteiger charge is -2.13. The Morgan fingerprint density at radius 1 is 1.00 bits per heavy atom. The summed E-state index contributed by atoms with van der Waals surface area (Å²) in [4.78, 5) is 46.4. The van der Waals surface area contributed by atoms with Crippen molar-refractivity contribution >= 4 is 52.2 Å². The molecule has 0 saturated heterocycles. The molecule has 198 valence electrons. The highest BCUT2D eigenvalue weighted by Gasteiger charge is 2.24. The van der Waals surface area contributed by atoms with Gasteiger partial charge in [0.15, 0.2) is 17.2 Å². The summed E-state index contributed by atoms with van der Waals surface area (Å²) < 4.78 is 29.6. The zero-order valence-electron chi connectivity index (χ0n) is 20.7. The van der Waals surface area contributed by atoms with Crippen LogP contribution in [0.2, 0.25) is 5.02 Å². The van der Waals surface area contributed by atoms with Gasteiger partial charge < -0.3 is 19.2 Å². The molecule has 0 aliphatic rings. The zero-order chi connectivity index (χ0) is 27.6. The van der Waals surface area contributed by atoms with Crippen LogP contribution in [-0.4, -0.2) is 44.8 Å². The van der Waals surface area contributed by atoms with Gasteiger partial charge in [-0.25, -0.2) is 24.1 Å². The Balaban J connectivity index is 1.77. The van der Waals surface area contributed by atoms with E-state index in [-0.39, 0.29) is 50.8 Å². The summed E-state index contributed by atoms with van der Waals surface area (Å²) in [5.74, 6) is -0.849. The Morgan fingerprint density at radius 2 is 1.74 bits per heavy atom. The first kappa shape index (κ1) is 26.6. The molecule has 0 unspecified atom stereocenters. The Hall–Kier alpha value is -4.45. The number of nitrogens with one attached hydrogen (secondary N) is 2. The van der Waals surface area contributed by atoms with Gasteiger partial charge in [0.2, 0.25) is 0 Å². The minimum absolute atomic E-state index is 0.0743. The van der Waals surface area contributed by atoms with Gasteiger partial charge in [-0.15, -0.1) is 0 Å². The molecule has 0 spiro atoms. The number of imidazole rings is 1. The number of benzene rings is 1. The molecule has 0 radical (unpaired) electrons. The standard InChI is InChI=1S/C25H23ClFN5O6/c1-12(2)36-24(34)30-15-10-18-21(28-11-15)31-22(32(18)25(35)37-13(3)4)16-9-14(5-6-17(16)26)29-23(33)19-7-8-20(27)38-19/h5-13H,1-4H3,(H,29,33)(H,30,34). The Kier molecular flexibility index (Phi) is 7.62. The van der Waals surface area contributed by atoms with E-state index in [1.54, 1.807) is 27.7 Å². The third-order valence-electron chi connectivity index (χ3n) is 4.88. The van der Waals surface area contributed by atoms with Crippen molar-refractivity contribution in [2.24, 2.45) is 0 Å². The molecule has 4 rings (SSSR count). The molecular formula is C25H23ClFN5O6. The summed E-state index contributed by atoms with van der Waals surface area (Å²) in [7, 11) is 0. The smallest absolute Gasteiger partial charge is 0.420 e. The summed E-state index contributed by atoms with van der Waals surface area (Å²) >= 11 is 6.47. The number of amides is 2. The predicted molar refractivity (Wildman–Crippen MR) is 137 cm³/mol. The molecule has 0 atom stereocenters.